The lowest BCUT2D eigenvalue weighted by molar-refractivity contribution is -0.140. The van der Waals surface area contributed by atoms with Crippen molar-refractivity contribution in [1.29, 1.82) is 0 Å². The molecule has 0 bridgehead atoms. The van der Waals surface area contributed by atoms with E-state index < -0.39 is 6.04 Å². The number of rotatable bonds is 6. The number of allylic oxidation sites excluding steroid dienone is 1. The first-order valence-corrected chi connectivity index (χ1v) is 10.8. The van der Waals surface area contributed by atoms with Gasteiger partial charge in [-0.05, 0) is 54.9 Å². The number of thiocarbonyl (C=S) groups is 1. The zero-order chi connectivity index (χ0) is 23.3. The number of benzene rings is 2. The van der Waals surface area contributed by atoms with Crippen LogP contribution in [0.1, 0.15) is 32.4 Å². The van der Waals surface area contributed by atoms with Crippen molar-refractivity contribution >= 4 is 40.7 Å². The maximum absolute atomic E-state index is 12.9. The number of ether oxygens (including phenoxy) is 1. The summed E-state index contributed by atoms with van der Waals surface area (Å²) in [6, 6.07) is 15.7. The second-order valence-electron chi connectivity index (χ2n) is 8.00. The number of nitrogens with zero attached hydrogens (tertiary/aromatic N) is 1. The summed E-state index contributed by atoms with van der Waals surface area (Å²) in [6.45, 7) is 6.18. The van der Waals surface area contributed by atoms with E-state index in [0.717, 1.165) is 11.3 Å². The highest BCUT2D eigenvalue weighted by Crippen LogP contribution is 2.31. The van der Waals surface area contributed by atoms with Crippen molar-refractivity contribution in [2.24, 2.45) is 5.92 Å². The smallest absolute Gasteiger partial charge is 0.338 e. The van der Waals surface area contributed by atoms with Crippen LogP contribution in [0.2, 0.25) is 0 Å². The minimum absolute atomic E-state index is 0.237. The molecule has 2 aromatic carbocycles. The van der Waals surface area contributed by atoms with Crippen molar-refractivity contribution in [2.45, 2.75) is 26.8 Å². The van der Waals surface area contributed by atoms with E-state index >= 15 is 0 Å². The van der Waals surface area contributed by atoms with Gasteiger partial charge in [0, 0.05) is 24.1 Å². The molecule has 0 unspecified atom stereocenters. The van der Waals surface area contributed by atoms with Gasteiger partial charge >= 0.3 is 12.0 Å². The molecule has 1 heterocycles. The maximum Gasteiger partial charge on any atom is 0.338 e. The Morgan fingerprint density at radius 3 is 2.25 bits per heavy atom. The van der Waals surface area contributed by atoms with E-state index in [1.165, 1.54) is 0 Å². The summed E-state index contributed by atoms with van der Waals surface area (Å²) in [7, 11) is 1.81. The van der Waals surface area contributed by atoms with Crippen molar-refractivity contribution in [3.8, 4) is 0 Å². The highest BCUT2D eigenvalue weighted by Gasteiger charge is 2.33. The zero-order valence-corrected chi connectivity index (χ0v) is 19.5. The molecule has 2 aromatic rings. The van der Waals surface area contributed by atoms with E-state index in [4.69, 9.17) is 17.0 Å². The average molecular weight is 453 g/mol. The van der Waals surface area contributed by atoms with Crippen LogP contribution < -0.4 is 16.0 Å². The number of anilines is 2. The fraction of sp³-hybridized carbons (Fsp3) is 0.292. The normalized spacial score (nSPS) is 16.0. The van der Waals surface area contributed by atoms with E-state index in [0.29, 0.717) is 28.7 Å². The molecule has 1 atom stereocenters. The molecule has 8 heteroatoms. The van der Waals surface area contributed by atoms with Crippen LogP contribution in [0.3, 0.4) is 0 Å². The lowest BCUT2D eigenvalue weighted by Crippen LogP contribution is -2.46. The Hall–Kier alpha value is -3.39. The van der Waals surface area contributed by atoms with Gasteiger partial charge in [0.1, 0.15) is 0 Å². The van der Waals surface area contributed by atoms with Gasteiger partial charge in [0.05, 0.1) is 18.2 Å². The second-order valence-corrected chi connectivity index (χ2v) is 8.39. The summed E-state index contributed by atoms with van der Waals surface area (Å²) < 4.78 is 5.51. The van der Waals surface area contributed by atoms with Crippen molar-refractivity contribution in [1.82, 2.24) is 10.2 Å². The highest BCUT2D eigenvalue weighted by molar-refractivity contribution is 7.80. The van der Waals surface area contributed by atoms with Gasteiger partial charge in [0.2, 0.25) is 0 Å². The predicted octanol–water partition coefficient (Wildman–Crippen LogP) is 4.66. The van der Waals surface area contributed by atoms with Crippen molar-refractivity contribution in [3.63, 3.8) is 0 Å². The number of carbonyl (C=O) groups is 2. The van der Waals surface area contributed by atoms with Gasteiger partial charge in [-0.2, -0.15) is 0 Å². The number of nitrogens with one attached hydrogen (secondary N) is 3. The van der Waals surface area contributed by atoms with Gasteiger partial charge in [-0.3, -0.25) is 0 Å². The summed E-state index contributed by atoms with van der Waals surface area (Å²) in [5.74, 6) is -0.131. The number of urea groups is 1. The quantitative estimate of drug-likeness (QED) is 0.437. The summed E-state index contributed by atoms with van der Waals surface area (Å²) in [6.07, 6.45) is 0. The van der Waals surface area contributed by atoms with Gasteiger partial charge in [-0.1, -0.05) is 44.2 Å². The second kappa shape index (κ2) is 10.3. The molecule has 1 aliphatic heterocycles. The summed E-state index contributed by atoms with van der Waals surface area (Å²) in [4.78, 5) is 26.9. The van der Waals surface area contributed by atoms with E-state index in [1.54, 1.807) is 17.0 Å². The van der Waals surface area contributed by atoms with Gasteiger partial charge in [-0.25, -0.2) is 9.59 Å². The molecule has 0 radical (unpaired) electrons. The first-order chi connectivity index (χ1) is 15.3. The number of hydrogen-bond donors (Lipinski definition) is 3. The number of hydrogen-bond acceptors (Lipinski definition) is 4. The van der Waals surface area contributed by atoms with Gasteiger partial charge < -0.3 is 25.6 Å². The van der Waals surface area contributed by atoms with E-state index in [1.807, 2.05) is 70.3 Å². The van der Waals surface area contributed by atoms with E-state index in [-0.39, 0.29) is 17.9 Å². The molecule has 0 saturated heterocycles. The largest absolute Gasteiger partial charge is 0.462 e. The lowest BCUT2D eigenvalue weighted by atomic mass is 9.95. The predicted molar refractivity (Wildman–Crippen MR) is 130 cm³/mol. The van der Waals surface area contributed by atoms with Crippen LogP contribution in [0.15, 0.2) is 65.9 Å². The Kier molecular flexibility index (Phi) is 7.48. The van der Waals surface area contributed by atoms with Crippen LogP contribution in [0.25, 0.3) is 0 Å². The van der Waals surface area contributed by atoms with Crippen molar-refractivity contribution in [3.05, 3.63) is 71.4 Å². The Morgan fingerprint density at radius 2 is 1.66 bits per heavy atom. The Balaban J connectivity index is 1.77. The molecule has 0 fully saturated rings. The molecule has 3 N–H and O–H groups in total. The zero-order valence-electron chi connectivity index (χ0n) is 18.6. The molecule has 1 aliphatic rings. The summed E-state index contributed by atoms with van der Waals surface area (Å²) in [5.41, 5.74) is 3.43. The Labute approximate surface area is 193 Å². The maximum atomic E-state index is 12.9. The molecule has 0 spiro atoms. The number of carbonyl (C=O) groups excluding carboxylic acids is 2. The molecule has 168 valence electrons. The molecule has 0 saturated carbocycles. The summed E-state index contributed by atoms with van der Waals surface area (Å²) in [5, 5.41) is 9.33. The molecule has 0 aromatic heterocycles. The van der Waals surface area contributed by atoms with Crippen LogP contribution in [0.4, 0.5) is 16.2 Å². The monoisotopic (exact) mass is 452 g/mol. The SMILES string of the molecule is CC1=C(C(=O)OCC(C)C)[C@H](c2ccc(NC(=O)Nc3ccccc3)cc2)NC(=S)N1C. The van der Waals surface area contributed by atoms with Gasteiger partial charge in [0.25, 0.3) is 0 Å². The molecule has 7 nitrogen and oxygen atoms in total. The molecule has 3 rings (SSSR count). The fourth-order valence-electron chi connectivity index (χ4n) is 3.24. The molecule has 0 aliphatic carbocycles. The first-order valence-electron chi connectivity index (χ1n) is 10.4. The van der Waals surface area contributed by atoms with E-state index in [2.05, 4.69) is 16.0 Å². The topological polar surface area (TPSA) is 82.7 Å². The highest BCUT2D eigenvalue weighted by atomic mass is 32.1. The third-order valence-electron chi connectivity index (χ3n) is 5.06. The molecule has 32 heavy (non-hydrogen) atoms. The third-order valence-corrected chi connectivity index (χ3v) is 5.45. The van der Waals surface area contributed by atoms with Crippen LogP contribution in [0, 0.1) is 5.92 Å². The van der Waals surface area contributed by atoms with Crippen molar-refractivity contribution < 1.29 is 14.3 Å². The van der Waals surface area contributed by atoms with Crippen molar-refractivity contribution in [2.75, 3.05) is 24.3 Å². The molecular formula is C24H28N4O3S. The Morgan fingerprint density at radius 1 is 1.06 bits per heavy atom. The number of amides is 2. The standard InChI is InChI=1S/C24H28N4O3S/c1-15(2)14-31-22(29)20-16(3)28(4)24(32)27-21(20)17-10-12-19(13-11-17)26-23(30)25-18-8-6-5-7-9-18/h5-13,15,21H,14H2,1-4H3,(H,27,32)(H2,25,26,30)/t21-/m0/s1. The first kappa shape index (κ1) is 23.3. The van der Waals surface area contributed by atoms with Crippen LogP contribution in [-0.2, 0) is 9.53 Å². The van der Waals surface area contributed by atoms with Crippen LogP contribution in [-0.4, -0.2) is 35.7 Å². The minimum Gasteiger partial charge on any atom is -0.462 e. The number of esters is 1. The molecule has 2 amide bonds. The third kappa shape index (κ3) is 5.64. The lowest BCUT2D eigenvalue weighted by Gasteiger charge is -2.35. The van der Waals surface area contributed by atoms with Gasteiger partial charge in [-0.15, -0.1) is 0 Å². The fourth-order valence-corrected chi connectivity index (χ4v) is 3.50. The van der Waals surface area contributed by atoms with Crippen LogP contribution >= 0.6 is 12.2 Å². The van der Waals surface area contributed by atoms with Gasteiger partial charge in [0.15, 0.2) is 5.11 Å². The van der Waals surface area contributed by atoms with Crippen LogP contribution in [0.5, 0.6) is 0 Å². The number of para-hydroxylation sites is 1. The minimum atomic E-state index is -0.439. The molecular weight excluding hydrogens is 424 g/mol. The summed E-state index contributed by atoms with van der Waals surface area (Å²) >= 11 is 5.44. The average Bonchev–Trinajstić information content (AvgIpc) is 2.76. The Bertz CT molecular complexity index is 1020. The van der Waals surface area contributed by atoms with E-state index in [9.17, 15) is 9.59 Å².